The summed E-state index contributed by atoms with van der Waals surface area (Å²) in [5, 5.41) is 0. The zero-order valence-corrected chi connectivity index (χ0v) is 18.0. The van der Waals surface area contributed by atoms with Crippen LogP contribution in [-0.4, -0.2) is 52.3 Å². The van der Waals surface area contributed by atoms with Gasteiger partial charge in [0.1, 0.15) is 0 Å². The second-order valence-corrected chi connectivity index (χ2v) is 8.66. The molecular weight excluding hydrogens is 374 g/mol. The predicted molar refractivity (Wildman–Crippen MR) is 118 cm³/mol. The number of pyridine rings is 1. The molecule has 2 aliphatic rings. The Kier molecular flexibility index (Phi) is 6.16. The summed E-state index contributed by atoms with van der Waals surface area (Å²) >= 11 is 0. The molecule has 0 N–H and O–H groups in total. The minimum absolute atomic E-state index is 0.0877. The molecule has 1 unspecified atom stereocenters. The van der Waals surface area contributed by atoms with Crippen molar-refractivity contribution >= 4 is 11.8 Å². The molecule has 1 atom stereocenters. The number of amides is 2. The van der Waals surface area contributed by atoms with Crippen molar-refractivity contribution in [3.05, 3.63) is 65.0 Å². The Morgan fingerprint density at radius 2 is 1.63 bits per heavy atom. The van der Waals surface area contributed by atoms with Crippen molar-refractivity contribution in [2.24, 2.45) is 0 Å². The lowest BCUT2D eigenvalue weighted by Gasteiger charge is -2.35. The van der Waals surface area contributed by atoms with Crippen molar-refractivity contribution in [2.45, 2.75) is 57.9 Å². The minimum atomic E-state index is 0.0877. The highest BCUT2D eigenvalue weighted by molar-refractivity contribution is 5.96. The molecule has 0 spiro atoms. The lowest BCUT2D eigenvalue weighted by molar-refractivity contribution is 0.0628. The van der Waals surface area contributed by atoms with Crippen LogP contribution >= 0.6 is 0 Å². The monoisotopic (exact) mass is 405 g/mol. The Morgan fingerprint density at radius 1 is 0.900 bits per heavy atom. The van der Waals surface area contributed by atoms with Gasteiger partial charge in [0.05, 0.1) is 11.3 Å². The molecule has 158 valence electrons. The Balaban J connectivity index is 1.50. The molecule has 1 aromatic carbocycles. The molecule has 0 radical (unpaired) electrons. The van der Waals surface area contributed by atoms with Crippen LogP contribution in [0.1, 0.15) is 77.0 Å². The summed E-state index contributed by atoms with van der Waals surface area (Å²) in [6, 6.07) is 13.6. The van der Waals surface area contributed by atoms with Gasteiger partial charge in [-0.3, -0.25) is 14.6 Å². The fourth-order valence-corrected chi connectivity index (χ4v) is 4.74. The molecule has 30 heavy (non-hydrogen) atoms. The number of hydrogen-bond donors (Lipinski definition) is 0. The maximum absolute atomic E-state index is 13.4. The molecule has 5 heteroatoms. The number of piperidine rings is 2. The Labute approximate surface area is 179 Å². The largest absolute Gasteiger partial charge is 0.339 e. The summed E-state index contributed by atoms with van der Waals surface area (Å²) in [6.45, 7) is 6.35. The van der Waals surface area contributed by atoms with Crippen LogP contribution in [0, 0.1) is 6.92 Å². The standard InChI is InChI=1S/C25H31N3O2/c1-18-11-12-22(25(30)28-15-7-6-8-19(28)2)23(26-18)20-13-16-27(17-14-20)24(29)21-9-4-3-5-10-21/h3-5,9-12,19-20H,6-8,13-17H2,1-2H3. The highest BCUT2D eigenvalue weighted by Gasteiger charge is 2.31. The Morgan fingerprint density at radius 3 is 2.33 bits per heavy atom. The van der Waals surface area contributed by atoms with Gasteiger partial charge in [0.15, 0.2) is 0 Å². The number of benzene rings is 1. The smallest absolute Gasteiger partial charge is 0.255 e. The number of carbonyl (C=O) groups is 2. The molecule has 0 aliphatic carbocycles. The number of aryl methyl sites for hydroxylation is 1. The van der Waals surface area contributed by atoms with Crippen LogP contribution in [0.25, 0.3) is 0 Å². The summed E-state index contributed by atoms with van der Waals surface area (Å²) in [6.07, 6.45) is 5.01. The van der Waals surface area contributed by atoms with Gasteiger partial charge in [-0.25, -0.2) is 0 Å². The highest BCUT2D eigenvalue weighted by atomic mass is 16.2. The van der Waals surface area contributed by atoms with E-state index in [2.05, 4.69) is 6.92 Å². The first-order valence-electron chi connectivity index (χ1n) is 11.2. The third kappa shape index (κ3) is 4.25. The van der Waals surface area contributed by atoms with Crippen LogP contribution in [0.5, 0.6) is 0 Å². The van der Waals surface area contributed by atoms with E-state index in [0.29, 0.717) is 13.1 Å². The van der Waals surface area contributed by atoms with Crippen LogP contribution in [0.15, 0.2) is 42.5 Å². The van der Waals surface area contributed by atoms with Gasteiger partial charge in [-0.1, -0.05) is 18.2 Å². The van der Waals surface area contributed by atoms with E-state index in [0.717, 1.165) is 54.7 Å². The van der Waals surface area contributed by atoms with Gasteiger partial charge < -0.3 is 9.80 Å². The van der Waals surface area contributed by atoms with Crippen LogP contribution in [0.2, 0.25) is 0 Å². The van der Waals surface area contributed by atoms with Crippen molar-refractivity contribution in [3.63, 3.8) is 0 Å². The van der Waals surface area contributed by atoms with Crippen molar-refractivity contribution in [1.82, 2.24) is 14.8 Å². The maximum Gasteiger partial charge on any atom is 0.255 e. The summed E-state index contributed by atoms with van der Waals surface area (Å²) in [5.41, 5.74) is 3.35. The third-order valence-electron chi connectivity index (χ3n) is 6.55. The average Bonchev–Trinajstić information content (AvgIpc) is 2.79. The lowest BCUT2D eigenvalue weighted by atomic mass is 9.89. The van der Waals surface area contributed by atoms with Gasteiger partial charge in [-0.05, 0) is 70.2 Å². The molecular formula is C25H31N3O2. The van der Waals surface area contributed by atoms with E-state index in [4.69, 9.17) is 4.98 Å². The molecule has 5 nitrogen and oxygen atoms in total. The second-order valence-electron chi connectivity index (χ2n) is 8.66. The second kappa shape index (κ2) is 8.99. The summed E-state index contributed by atoms with van der Waals surface area (Å²) in [4.78, 5) is 34.9. The van der Waals surface area contributed by atoms with E-state index >= 15 is 0 Å². The number of likely N-dealkylation sites (tertiary alicyclic amines) is 2. The van der Waals surface area contributed by atoms with Gasteiger partial charge in [0.2, 0.25) is 0 Å². The van der Waals surface area contributed by atoms with Gasteiger partial charge in [0, 0.05) is 42.9 Å². The number of rotatable bonds is 3. The van der Waals surface area contributed by atoms with Crippen molar-refractivity contribution in [2.75, 3.05) is 19.6 Å². The molecule has 2 aliphatic heterocycles. The molecule has 0 bridgehead atoms. The molecule has 2 amide bonds. The van der Waals surface area contributed by atoms with E-state index in [1.165, 1.54) is 6.42 Å². The molecule has 1 aromatic heterocycles. The van der Waals surface area contributed by atoms with Crippen molar-refractivity contribution in [3.8, 4) is 0 Å². The molecule has 2 aromatic rings. The van der Waals surface area contributed by atoms with E-state index in [1.807, 2.05) is 59.2 Å². The van der Waals surface area contributed by atoms with E-state index in [-0.39, 0.29) is 23.8 Å². The fraction of sp³-hybridized carbons (Fsp3) is 0.480. The van der Waals surface area contributed by atoms with Crippen molar-refractivity contribution < 1.29 is 9.59 Å². The van der Waals surface area contributed by atoms with Crippen LogP contribution in [0.3, 0.4) is 0 Å². The van der Waals surface area contributed by atoms with Gasteiger partial charge in [0.25, 0.3) is 11.8 Å². The molecule has 4 rings (SSSR count). The molecule has 2 fully saturated rings. The topological polar surface area (TPSA) is 53.5 Å². The van der Waals surface area contributed by atoms with Gasteiger partial charge in [-0.15, -0.1) is 0 Å². The molecule has 3 heterocycles. The zero-order chi connectivity index (χ0) is 21.1. The van der Waals surface area contributed by atoms with Crippen LogP contribution < -0.4 is 0 Å². The first kappa shape index (κ1) is 20.6. The van der Waals surface area contributed by atoms with E-state index in [1.54, 1.807) is 0 Å². The third-order valence-corrected chi connectivity index (χ3v) is 6.55. The van der Waals surface area contributed by atoms with Gasteiger partial charge >= 0.3 is 0 Å². The Bertz CT molecular complexity index is 904. The number of hydrogen-bond acceptors (Lipinski definition) is 3. The predicted octanol–water partition coefficient (Wildman–Crippen LogP) is 4.42. The fourth-order valence-electron chi connectivity index (χ4n) is 4.74. The van der Waals surface area contributed by atoms with E-state index in [9.17, 15) is 9.59 Å². The molecule has 0 saturated carbocycles. The highest BCUT2D eigenvalue weighted by Crippen LogP contribution is 2.31. The van der Waals surface area contributed by atoms with Crippen LogP contribution in [0.4, 0.5) is 0 Å². The van der Waals surface area contributed by atoms with Gasteiger partial charge in [-0.2, -0.15) is 0 Å². The summed E-state index contributed by atoms with van der Waals surface area (Å²) in [5.74, 6) is 0.418. The summed E-state index contributed by atoms with van der Waals surface area (Å²) in [7, 11) is 0. The normalized spacial score (nSPS) is 20.3. The lowest BCUT2D eigenvalue weighted by Crippen LogP contribution is -2.43. The van der Waals surface area contributed by atoms with Crippen LogP contribution in [-0.2, 0) is 0 Å². The number of aromatic nitrogens is 1. The molecule has 2 saturated heterocycles. The maximum atomic E-state index is 13.4. The first-order valence-corrected chi connectivity index (χ1v) is 11.2. The average molecular weight is 406 g/mol. The number of nitrogens with zero attached hydrogens (tertiary/aromatic N) is 3. The number of carbonyl (C=O) groups excluding carboxylic acids is 2. The SMILES string of the molecule is Cc1ccc(C(=O)N2CCCCC2C)c(C2CCN(C(=O)c3ccccc3)CC2)n1. The van der Waals surface area contributed by atoms with E-state index < -0.39 is 0 Å². The Hall–Kier alpha value is -2.69. The zero-order valence-electron chi connectivity index (χ0n) is 18.0. The summed E-state index contributed by atoms with van der Waals surface area (Å²) < 4.78 is 0. The van der Waals surface area contributed by atoms with Crippen molar-refractivity contribution in [1.29, 1.82) is 0 Å². The quantitative estimate of drug-likeness (QED) is 0.759. The minimum Gasteiger partial charge on any atom is -0.339 e. The first-order chi connectivity index (χ1) is 14.5.